The molecule has 0 N–H and O–H groups in total. The third kappa shape index (κ3) is 3.94. The highest BCUT2D eigenvalue weighted by Crippen LogP contribution is 2.44. The molecule has 158 valence electrons. The Morgan fingerprint density at radius 1 is 1.23 bits per heavy atom. The Bertz CT molecular complexity index is 926. The van der Waals surface area contributed by atoms with Gasteiger partial charge >= 0.3 is 0 Å². The molecule has 5 nitrogen and oxygen atoms in total. The number of carbonyl (C=O) groups excluding carboxylic acids is 1. The van der Waals surface area contributed by atoms with Crippen molar-refractivity contribution in [1.29, 1.82) is 0 Å². The van der Waals surface area contributed by atoms with Crippen molar-refractivity contribution >= 4 is 23.9 Å². The van der Waals surface area contributed by atoms with E-state index in [2.05, 4.69) is 17.1 Å². The van der Waals surface area contributed by atoms with Crippen molar-refractivity contribution in [2.45, 2.75) is 37.3 Å². The number of fused-ring (bicyclic) bond motifs is 2. The van der Waals surface area contributed by atoms with Gasteiger partial charge in [-0.2, -0.15) is 0 Å². The average Bonchev–Trinajstić information content (AvgIpc) is 3.14. The van der Waals surface area contributed by atoms with Gasteiger partial charge in [-0.15, -0.1) is 0 Å². The van der Waals surface area contributed by atoms with E-state index >= 15 is 0 Å². The summed E-state index contributed by atoms with van der Waals surface area (Å²) in [6.07, 6.45) is -0.878. The summed E-state index contributed by atoms with van der Waals surface area (Å²) in [6, 6.07) is 14.8. The van der Waals surface area contributed by atoms with Crippen LogP contribution in [0.25, 0.3) is 0 Å². The quantitative estimate of drug-likeness (QED) is 0.408. The summed E-state index contributed by atoms with van der Waals surface area (Å²) in [6.45, 7) is 1.91. The van der Waals surface area contributed by atoms with E-state index in [1.54, 1.807) is 31.3 Å². The number of hydrogen-bond donors (Lipinski definition) is 0. The lowest BCUT2D eigenvalue weighted by Crippen LogP contribution is -2.47. The SMILES string of the molecule is C/N=C(\OC(C=O)C(F)c1ccc(Cl)cc1)N1CCC2(CC1)OCc1ccccc12. The van der Waals surface area contributed by atoms with Gasteiger partial charge in [-0.25, -0.2) is 9.38 Å². The predicted molar refractivity (Wildman–Crippen MR) is 113 cm³/mol. The molecule has 1 spiro atoms. The van der Waals surface area contributed by atoms with E-state index in [0.29, 0.717) is 36.6 Å². The van der Waals surface area contributed by atoms with Crippen molar-refractivity contribution < 1.29 is 18.7 Å². The number of amidine groups is 1. The summed E-state index contributed by atoms with van der Waals surface area (Å²) in [7, 11) is 1.58. The molecule has 0 saturated carbocycles. The van der Waals surface area contributed by atoms with Crippen LogP contribution in [-0.4, -0.2) is 43.4 Å². The van der Waals surface area contributed by atoms with E-state index in [9.17, 15) is 9.18 Å². The lowest BCUT2D eigenvalue weighted by atomic mass is 9.84. The molecule has 0 amide bonds. The molecule has 0 aliphatic carbocycles. The maximum absolute atomic E-state index is 14.9. The number of rotatable bonds is 4. The Kier molecular flexibility index (Phi) is 6.06. The maximum atomic E-state index is 14.9. The third-order valence-corrected chi connectivity index (χ3v) is 6.15. The molecule has 2 atom stereocenters. The molecule has 4 rings (SSSR count). The fourth-order valence-corrected chi connectivity index (χ4v) is 4.37. The van der Waals surface area contributed by atoms with Gasteiger partial charge in [-0.3, -0.25) is 4.79 Å². The minimum Gasteiger partial charge on any atom is -0.451 e. The Labute approximate surface area is 180 Å². The standard InChI is InChI=1S/C23H24ClFN2O3/c1-26-22(30-20(14-28)21(25)16-6-8-18(24)9-7-16)27-12-10-23(11-13-27)19-5-3-2-4-17(19)15-29-23/h2-9,14,20-21H,10-13,15H2,1H3/b26-22-. The van der Waals surface area contributed by atoms with Crippen LogP contribution in [0.3, 0.4) is 0 Å². The molecule has 2 aromatic rings. The lowest BCUT2D eigenvalue weighted by molar-refractivity contribution is -0.118. The van der Waals surface area contributed by atoms with Crippen LogP contribution in [0, 0.1) is 0 Å². The van der Waals surface area contributed by atoms with Crippen LogP contribution in [0.5, 0.6) is 0 Å². The van der Waals surface area contributed by atoms with Crippen LogP contribution < -0.4 is 0 Å². The zero-order valence-corrected chi connectivity index (χ0v) is 17.5. The average molecular weight is 431 g/mol. The molecule has 2 aromatic carbocycles. The van der Waals surface area contributed by atoms with Gasteiger partial charge in [0.25, 0.3) is 6.02 Å². The highest BCUT2D eigenvalue weighted by atomic mass is 35.5. The third-order valence-electron chi connectivity index (χ3n) is 5.90. The second kappa shape index (κ2) is 8.74. The molecule has 0 aromatic heterocycles. The molecule has 0 radical (unpaired) electrons. The number of benzene rings is 2. The number of piperidine rings is 1. The van der Waals surface area contributed by atoms with Crippen LogP contribution in [0.15, 0.2) is 53.5 Å². The normalized spacial score (nSPS) is 20.0. The number of nitrogens with zero attached hydrogens (tertiary/aromatic N) is 2. The summed E-state index contributed by atoms with van der Waals surface area (Å²) < 4.78 is 26.8. The van der Waals surface area contributed by atoms with Gasteiger partial charge in [0, 0.05) is 25.2 Å². The number of ether oxygens (including phenoxy) is 2. The van der Waals surface area contributed by atoms with Crippen molar-refractivity contribution in [3.63, 3.8) is 0 Å². The first-order chi connectivity index (χ1) is 14.6. The minimum atomic E-state index is -1.61. The summed E-state index contributed by atoms with van der Waals surface area (Å²) in [5.41, 5.74) is 2.52. The molecule has 0 bridgehead atoms. The van der Waals surface area contributed by atoms with Gasteiger partial charge < -0.3 is 14.4 Å². The van der Waals surface area contributed by atoms with E-state index in [-0.39, 0.29) is 11.6 Å². The highest BCUT2D eigenvalue weighted by Gasteiger charge is 2.43. The van der Waals surface area contributed by atoms with E-state index in [1.807, 2.05) is 17.0 Å². The van der Waals surface area contributed by atoms with Crippen LogP contribution in [-0.2, 0) is 26.5 Å². The summed E-state index contributed by atoms with van der Waals surface area (Å²) in [4.78, 5) is 17.7. The molecule has 2 unspecified atom stereocenters. The fourth-order valence-electron chi connectivity index (χ4n) is 4.24. The van der Waals surface area contributed by atoms with Gasteiger partial charge in [0.2, 0.25) is 0 Å². The van der Waals surface area contributed by atoms with E-state index < -0.39 is 12.3 Å². The van der Waals surface area contributed by atoms with Crippen LogP contribution in [0.1, 0.15) is 35.7 Å². The fraction of sp³-hybridized carbons (Fsp3) is 0.391. The van der Waals surface area contributed by atoms with E-state index in [0.717, 1.165) is 12.8 Å². The molecule has 7 heteroatoms. The van der Waals surface area contributed by atoms with Crippen molar-refractivity contribution in [3.05, 3.63) is 70.2 Å². The molecular formula is C23H24ClFN2O3. The zero-order valence-electron chi connectivity index (χ0n) is 16.8. The molecule has 2 aliphatic heterocycles. The maximum Gasteiger partial charge on any atom is 0.287 e. The number of halogens is 2. The van der Waals surface area contributed by atoms with Crippen molar-refractivity contribution in [1.82, 2.24) is 4.90 Å². The Morgan fingerprint density at radius 3 is 2.60 bits per heavy atom. The smallest absolute Gasteiger partial charge is 0.287 e. The van der Waals surface area contributed by atoms with Crippen LogP contribution in [0.4, 0.5) is 4.39 Å². The first-order valence-electron chi connectivity index (χ1n) is 10.0. The molecule has 30 heavy (non-hydrogen) atoms. The van der Waals surface area contributed by atoms with Crippen LogP contribution >= 0.6 is 11.6 Å². The predicted octanol–water partition coefficient (Wildman–Crippen LogP) is 4.44. The second-order valence-electron chi connectivity index (χ2n) is 7.61. The van der Waals surface area contributed by atoms with Gasteiger partial charge in [0.1, 0.15) is 0 Å². The Morgan fingerprint density at radius 2 is 1.93 bits per heavy atom. The molecular weight excluding hydrogens is 407 g/mol. The number of likely N-dealkylation sites (tertiary alicyclic amines) is 1. The van der Waals surface area contributed by atoms with Crippen molar-refractivity contribution in [2.24, 2.45) is 4.99 Å². The molecule has 2 heterocycles. The number of hydrogen-bond acceptors (Lipinski definition) is 4. The highest BCUT2D eigenvalue weighted by molar-refractivity contribution is 6.30. The summed E-state index contributed by atoms with van der Waals surface area (Å²) in [5.74, 6) is 0. The van der Waals surface area contributed by atoms with Gasteiger partial charge in [0.15, 0.2) is 18.6 Å². The number of aldehydes is 1. The number of alkyl halides is 1. The van der Waals surface area contributed by atoms with Gasteiger partial charge in [-0.1, -0.05) is 48.0 Å². The number of carbonyl (C=O) groups is 1. The number of aliphatic imine (C=N–C) groups is 1. The topological polar surface area (TPSA) is 51.1 Å². The lowest BCUT2D eigenvalue weighted by Gasteiger charge is -2.40. The van der Waals surface area contributed by atoms with Crippen LogP contribution in [0.2, 0.25) is 5.02 Å². The van der Waals surface area contributed by atoms with Gasteiger partial charge in [0.05, 0.1) is 12.2 Å². The Hall–Kier alpha value is -2.44. The summed E-state index contributed by atoms with van der Waals surface area (Å²) in [5, 5.41) is 0.503. The first kappa shape index (κ1) is 20.8. The minimum absolute atomic E-state index is 0.268. The van der Waals surface area contributed by atoms with Crippen molar-refractivity contribution in [2.75, 3.05) is 20.1 Å². The zero-order chi connectivity index (χ0) is 21.1. The van der Waals surface area contributed by atoms with E-state index in [4.69, 9.17) is 21.1 Å². The second-order valence-corrected chi connectivity index (χ2v) is 8.04. The molecule has 1 saturated heterocycles. The monoisotopic (exact) mass is 430 g/mol. The summed E-state index contributed by atoms with van der Waals surface area (Å²) >= 11 is 5.86. The largest absolute Gasteiger partial charge is 0.451 e. The van der Waals surface area contributed by atoms with E-state index in [1.165, 1.54) is 11.1 Å². The molecule has 1 fully saturated rings. The van der Waals surface area contributed by atoms with Crippen molar-refractivity contribution in [3.8, 4) is 0 Å². The van der Waals surface area contributed by atoms with Gasteiger partial charge in [-0.05, 0) is 41.7 Å². The first-order valence-corrected chi connectivity index (χ1v) is 10.4. The Balaban J connectivity index is 1.42. The molecule has 2 aliphatic rings.